The quantitative estimate of drug-likeness (QED) is 0.421. The Hall–Kier alpha value is -2.00. The number of hydrazone groups is 1. The molecule has 0 amide bonds. The average Bonchev–Trinajstić information content (AvgIpc) is 3.43. The highest BCUT2D eigenvalue weighted by atomic mass is 16.7. The first-order valence-corrected chi connectivity index (χ1v) is 10.6. The van der Waals surface area contributed by atoms with Gasteiger partial charge in [0.05, 0.1) is 24.9 Å². The molecule has 1 aromatic rings. The van der Waals surface area contributed by atoms with Gasteiger partial charge in [-0.2, -0.15) is 10.6 Å². The Labute approximate surface area is 171 Å². The van der Waals surface area contributed by atoms with Gasteiger partial charge in [-0.15, -0.1) is 0 Å². The zero-order valence-corrected chi connectivity index (χ0v) is 16.8. The second-order valence-corrected chi connectivity index (χ2v) is 8.35. The molecule has 0 bridgehead atoms. The minimum Gasteiger partial charge on any atom is -0.480 e. The van der Waals surface area contributed by atoms with E-state index in [-0.39, 0.29) is 18.7 Å². The van der Waals surface area contributed by atoms with Crippen LogP contribution in [0.5, 0.6) is 0 Å². The smallest absolute Gasteiger partial charge is 0.317 e. The van der Waals surface area contributed by atoms with Crippen LogP contribution in [0.3, 0.4) is 0 Å². The van der Waals surface area contributed by atoms with Gasteiger partial charge in [-0.05, 0) is 36.3 Å². The number of carbonyl (C=O) groups is 1. The Bertz CT molecular complexity index is 699. The molecule has 8 nitrogen and oxygen atoms in total. The largest absolute Gasteiger partial charge is 0.480 e. The number of nitrogens with one attached hydrogen (secondary N) is 2. The van der Waals surface area contributed by atoms with Crippen LogP contribution in [-0.2, 0) is 9.63 Å². The maximum Gasteiger partial charge on any atom is 0.317 e. The zero-order chi connectivity index (χ0) is 20.1. The second kappa shape index (κ2) is 9.67. The van der Waals surface area contributed by atoms with Crippen molar-refractivity contribution in [1.82, 2.24) is 20.7 Å². The topological polar surface area (TPSA) is 89.4 Å². The molecule has 1 saturated carbocycles. The molecule has 2 aliphatic heterocycles. The van der Waals surface area contributed by atoms with Crippen LogP contribution in [0.25, 0.3) is 0 Å². The normalized spacial score (nSPS) is 26.2. The van der Waals surface area contributed by atoms with Gasteiger partial charge in [-0.25, -0.2) is 0 Å². The van der Waals surface area contributed by atoms with E-state index < -0.39 is 5.97 Å². The van der Waals surface area contributed by atoms with Gasteiger partial charge in [-0.1, -0.05) is 24.3 Å². The van der Waals surface area contributed by atoms with Crippen molar-refractivity contribution in [3.8, 4) is 0 Å². The number of benzene rings is 1. The van der Waals surface area contributed by atoms with Crippen molar-refractivity contribution in [3.63, 3.8) is 0 Å². The predicted molar refractivity (Wildman–Crippen MR) is 111 cm³/mol. The Morgan fingerprint density at radius 1 is 1.21 bits per heavy atom. The number of carboxylic acid groups (broad SMARTS) is 1. The number of rotatable bonds is 9. The van der Waals surface area contributed by atoms with Crippen molar-refractivity contribution in [2.75, 3.05) is 45.8 Å². The van der Waals surface area contributed by atoms with Crippen LogP contribution >= 0.6 is 0 Å². The SMILES string of the molecule is O=C(O)CN1CCN(CC2CC(c3ccc(C=NNCC4CC4)cc3)NO2)CC1. The lowest BCUT2D eigenvalue weighted by molar-refractivity contribution is -0.138. The van der Waals surface area contributed by atoms with Crippen LogP contribution in [0.2, 0.25) is 0 Å². The molecule has 0 radical (unpaired) electrons. The molecule has 3 N–H and O–H groups in total. The molecule has 2 atom stereocenters. The van der Waals surface area contributed by atoms with Gasteiger partial charge in [0.25, 0.3) is 0 Å². The van der Waals surface area contributed by atoms with Gasteiger partial charge >= 0.3 is 5.97 Å². The highest BCUT2D eigenvalue weighted by Crippen LogP contribution is 2.27. The summed E-state index contributed by atoms with van der Waals surface area (Å²) >= 11 is 0. The molecule has 158 valence electrons. The van der Waals surface area contributed by atoms with Gasteiger partial charge in [0.15, 0.2) is 0 Å². The Morgan fingerprint density at radius 2 is 1.93 bits per heavy atom. The van der Waals surface area contributed by atoms with Crippen molar-refractivity contribution in [3.05, 3.63) is 35.4 Å². The van der Waals surface area contributed by atoms with Crippen molar-refractivity contribution in [2.45, 2.75) is 31.4 Å². The molecule has 29 heavy (non-hydrogen) atoms. The Balaban J connectivity index is 1.19. The first kappa shape index (κ1) is 20.3. The molecular weight excluding hydrogens is 370 g/mol. The van der Waals surface area contributed by atoms with E-state index in [0.29, 0.717) is 0 Å². The fourth-order valence-electron chi connectivity index (χ4n) is 3.90. The summed E-state index contributed by atoms with van der Waals surface area (Å²) in [6, 6.07) is 8.65. The molecule has 1 aliphatic carbocycles. The molecule has 0 aromatic heterocycles. The van der Waals surface area contributed by atoms with Gasteiger partial charge < -0.3 is 10.5 Å². The van der Waals surface area contributed by atoms with Crippen molar-refractivity contribution < 1.29 is 14.7 Å². The number of carboxylic acids is 1. The van der Waals surface area contributed by atoms with E-state index in [1.165, 1.54) is 18.4 Å². The minimum absolute atomic E-state index is 0.134. The van der Waals surface area contributed by atoms with Crippen LogP contribution < -0.4 is 10.9 Å². The van der Waals surface area contributed by atoms with E-state index in [1.807, 2.05) is 11.1 Å². The van der Waals surface area contributed by atoms with Crippen LogP contribution in [0.15, 0.2) is 29.4 Å². The Morgan fingerprint density at radius 3 is 2.62 bits per heavy atom. The summed E-state index contributed by atoms with van der Waals surface area (Å²) in [6.07, 6.45) is 5.62. The molecule has 2 saturated heterocycles. The lowest BCUT2D eigenvalue weighted by Gasteiger charge is -2.34. The van der Waals surface area contributed by atoms with E-state index in [4.69, 9.17) is 9.94 Å². The third-order valence-electron chi connectivity index (χ3n) is 5.88. The summed E-state index contributed by atoms with van der Waals surface area (Å²) < 4.78 is 0. The van der Waals surface area contributed by atoms with E-state index in [2.05, 4.69) is 45.2 Å². The van der Waals surface area contributed by atoms with Crippen LogP contribution in [0.4, 0.5) is 0 Å². The standard InChI is InChI=1S/C21H31N5O3/c27-21(28)15-26-9-7-25(8-10-26)14-19-11-20(24-29-19)18-5-3-17(4-6-18)13-23-22-12-16-1-2-16/h3-6,13,16,19-20,22,24H,1-2,7-12,14-15H2,(H,27,28). The molecule has 0 spiro atoms. The minimum atomic E-state index is -0.753. The highest BCUT2D eigenvalue weighted by molar-refractivity contribution is 5.79. The van der Waals surface area contributed by atoms with Gasteiger partial charge in [-0.3, -0.25) is 19.4 Å². The predicted octanol–water partition coefficient (Wildman–Crippen LogP) is 1.06. The van der Waals surface area contributed by atoms with Crippen molar-refractivity contribution >= 4 is 12.2 Å². The summed E-state index contributed by atoms with van der Waals surface area (Å²) in [5.74, 6) is 0.0703. The van der Waals surface area contributed by atoms with Crippen LogP contribution in [-0.4, -0.2) is 79.0 Å². The number of hydrogen-bond acceptors (Lipinski definition) is 7. The molecule has 1 aromatic carbocycles. The third kappa shape index (κ3) is 6.24. The second-order valence-electron chi connectivity index (χ2n) is 8.35. The number of nitrogens with zero attached hydrogens (tertiary/aromatic N) is 3. The van der Waals surface area contributed by atoms with Crippen molar-refractivity contribution in [1.29, 1.82) is 0 Å². The fourth-order valence-corrected chi connectivity index (χ4v) is 3.90. The molecule has 8 heteroatoms. The average molecular weight is 402 g/mol. The molecule has 2 heterocycles. The maximum absolute atomic E-state index is 10.8. The zero-order valence-electron chi connectivity index (χ0n) is 16.8. The highest BCUT2D eigenvalue weighted by Gasteiger charge is 2.29. The summed E-state index contributed by atoms with van der Waals surface area (Å²) in [6.45, 7) is 5.37. The summed E-state index contributed by atoms with van der Waals surface area (Å²) in [5, 5.41) is 13.2. The number of aliphatic carboxylic acids is 1. The first-order valence-electron chi connectivity index (χ1n) is 10.6. The lowest BCUT2D eigenvalue weighted by Crippen LogP contribution is -2.49. The van der Waals surface area contributed by atoms with Crippen molar-refractivity contribution in [2.24, 2.45) is 11.0 Å². The molecule has 4 rings (SSSR count). The lowest BCUT2D eigenvalue weighted by atomic mass is 10.0. The fraction of sp³-hybridized carbons (Fsp3) is 0.619. The van der Waals surface area contributed by atoms with E-state index in [0.717, 1.165) is 57.2 Å². The number of hydrogen-bond donors (Lipinski definition) is 3. The van der Waals surface area contributed by atoms with Gasteiger partial charge in [0.2, 0.25) is 0 Å². The summed E-state index contributed by atoms with van der Waals surface area (Å²) in [4.78, 5) is 21.0. The van der Waals surface area contributed by atoms with Crippen LogP contribution in [0, 0.1) is 5.92 Å². The summed E-state index contributed by atoms with van der Waals surface area (Å²) in [5.41, 5.74) is 8.61. The van der Waals surface area contributed by atoms with E-state index in [1.54, 1.807) is 0 Å². The monoisotopic (exact) mass is 401 g/mol. The molecule has 2 unspecified atom stereocenters. The molecular formula is C21H31N5O3. The summed E-state index contributed by atoms with van der Waals surface area (Å²) in [7, 11) is 0. The number of piperazine rings is 1. The Kier molecular flexibility index (Phi) is 6.76. The van der Waals surface area contributed by atoms with E-state index >= 15 is 0 Å². The maximum atomic E-state index is 10.8. The van der Waals surface area contributed by atoms with Gasteiger partial charge in [0.1, 0.15) is 0 Å². The van der Waals surface area contributed by atoms with Crippen LogP contribution in [0.1, 0.15) is 36.4 Å². The number of hydroxylamine groups is 1. The third-order valence-corrected chi connectivity index (χ3v) is 5.88. The first-order chi connectivity index (χ1) is 14.2. The molecule has 3 fully saturated rings. The van der Waals surface area contributed by atoms with Gasteiger partial charge in [0, 0.05) is 39.3 Å². The molecule has 3 aliphatic rings. The van der Waals surface area contributed by atoms with E-state index in [9.17, 15) is 4.79 Å².